The molecule has 3 rings (SSSR count). The van der Waals surface area contributed by atoms with Gasteiger partial charge < -0.3 is 0 Å². The Morgan fingerprint density at radius 1 is 1.27 bits per heavy atom. The minimum atomic E-state index is -0.632. The Morgan fingerprint density at radius 2 is 2.09 bits per heavy atom. The first-order valence-corrected chi connectivity index (χ1v) is 7.76. The highest BCUT2D eigenvalue weighted by Gasteiger charge is 2.21. The Kier molecular flexibility index (Phi) is 3.80. The third-order valence-electron chi connectivity index (χ3n) is 3.22. The maximum Gasteiger partial charge on any atom is 0.352 e. The summed E-state index contributed by atoms with van der Waals surface area (Å²) in [6.45, 7) is 2.07. The molecule has 3 heterocycles. The van der Waals surface area contributed by atoms with Crippen LogP contribution in [0.2, 0.25) is 0 Å². The summed E-state index contributed by atoms with van der Waals surface area (Å²) in [6.07, 6.45) is 4.19. The molecule has 0 aromatic carbocycles. The summed E-state index contributed by atoms with van der Waals surface area (Å²) in [7, 11) is 1.39. The first kappa shape index (κ1) is 14.5. The van der Waals surface area contributed by atoms with Gasteiger partial charge in [-0.15, -0.1) is 16.4 Å². The smallest absolute Gasteiger partial charge is 0.267 e. The Hall–Kier alpha value is -2.42. The lowest BCUT2D eigenvalue weighted by atomic mass is 10.2. The van der Waals surface area contributed by atoms with Crippen molar-refractivity contribution in [2.45, 2.75) is 26.2 Å². The highest BCUT2D eigenvalue weighted by Crippen LogP contribution is 2.18. The molecule has 0 saturated heterocycles. The van der Waals surface area contributed by atoms with Crippen molar-refractivity contribution in [3.8, 4) is 16.6 Å². The van der Waals surface area contributed by atoms with E-state index in [1.165, 1.54) is 23.1 Å². The molecule has 2 aliphatic rings. The lowest BCUT2D eigenvalue weighted by Gasteiger charge is -2.12. The van der Waals surface area contributed by atoms with Crippen molar-refractivity contribution in [3.63, 3.8) is 0 Å². The van der Waals surface area contributed by atoms with Crippen molar-refractivity contribution in [2.24, 2.45) is 7.05 Å². The number of rotatable bonds is 4. The standard InChI is InChI=1S/C13H14N6O2S/c1-3-4-5-8-15-9-10(16-12(21)18(2)11(9)20)19(17-8)13-14-6-7-22-13/h6-7H,3-5H2,1-2H3. The van der Waals surface area contributed by atoms with Crippen molar-refractivity contribution >= 4 is 11.3 Å². The summed E-state index contributed by atoms with van der Waals surface area (Å²) in [5.41, 5.74) is -0.966. The van der Waals surface area contributed by atoms with Crippen LogP contribution in [0.25, 0.3) is 16.6 Å². The molecule has 0 aliphatic carbocycles. The van der Waals surface area contributed by atoms with Crippen molar-refractivity contribution in [1.82, 2.24) is 29.3 Å². The van der Waals surface area contributed by atoms with E-state index in [0.717, 1.165) is 17.4 Å². The van der Waals surface area contributed by atoms with Gasteiger partial charge in [0.25, 0.3) is 5.56 Å². The van der Waals surface area contributed by atoms with E-state index in [9.17, 15) is 9.59 Å². The lowest BCUT2D eigenvalue weighted by molar-refractivity contribution is 0.665. The van der Waals surface area contributed by atoms with Crippen LogP contribution < -0.4 is 11.2 Å². The van der Waals surface area contributed by atoms with Gasteiger partial charge in [-0.2, -0.15) is 9.67 Å². The topological polar surface area (TPSA) is 95.6 Å². The van der Waals surface area contributed by atoms with Crippen LogP contribution in [0.1, 0.15) is 25.6 Å². The minimum absolute atomic E-state index is 0.137. The van der Waals surface area contributed by atoms with Crippen LogP contribution in [-0.4, -0.2) is 29.3 Å². The van der Waals surface area contributed by atoms with E-state index >= 15 is 0 Å². The average molecular weight is 318 g/mol. The third kappa shape index (κ3) is 2.43. The van der Waals surface area contributed by atoms with E-state index in [1.807, 2.05) is 0 Å². The normalized spacial score (nSPS) is 11.2. The molecular formula is C13H14N6O2S. The molecule has 0 radical (unpaired) electrons. The number of aryl methyl sites for hydroxylation is 1. The van der Waals surface area contributed by atoms with Crippen LogP contribution >= 0.6 is 11.3 Å². The van der Waals surface area contributed by atoms with Crippen LogP contribution in [0.15, 0.2) is 21.2 Å². The maximum absolute atomic E-state index is 12.3. The quantitative estimate of drug-likeness (QED) is 0.700. The number of nitrogens with zero attached hydrogens (tertiary/aromatic N) is 6. The van der Waals surface area contributed by atoms with E-state index in [0.29, 0.717) is 17.4 Å². The number of unbranched alkanes of at least 4 members (excludes halogenated alkanes) is 1. The molecule has 22 heavy (non-hydrogen) atoms. The molecule has 0 spiro atoms. The molecule has 1 aromatic rings. The lowest BCUT2D eigenvalue weighted by Crippen LogP contribution is -2.37. The van der Waals surface area contributed by atoms with Gasteiger partial charge in [-0.3, -0.25) is 9.36 Å². The van der Waals surface area contributed by atoms with Gasteiger partial charge in [0.15, 0.2) is 11.5 Å². The predicted octanol–water partition coefficient (Wildman–Crippen LogP) is 0.625. The monoisotopic (exact) mass is 318 g/mol. The Morgan fingerprint density at radius 3 is 2.77 bits per heavy atom. The van der Waals surface area contributed by atoms with E-state index in [2.05, 4.69) is 27.0 Å². The summed E-state index contributed by atoms with van der Waals surface area (Å²) in [4.78, 5) is 36.5. The van der Waals surface area contributed by atoms with Crippen molar-refractivity contribution in [1.29, 1.82) is 0 Å². The summed E-state index contributed by atoms with van der Waals surface area (Å²) in [5.74, 6) is 0.686. The highest BCUT2D eigenvalue weighted by molar-refractivity contribution is 7.12. The fourth-order valence-electron chi connectivity index (χ4n) is 2.01. The number of fused-ring (bicyclic) bond motifs is 1. The second-order valence-corrected chi connectivity index (χ2v) is 5.66. The molecule has 9 heteroatoms. The van der Waals surface area contributed by atoms with Gasteiger partial charge in [0, 0.05) is 25.0 Å². The first-order valence-electron chi connectivity index (χ1n) is 6.88. The van der Waals surface area contributed by atoms with Crippen molar-refractivity contribution < 1.29 is 0 Å². The van der Waals surface area contributed by atoms with E-state index < -0.39 is 11.2 Å². The Labute approximate surface area is 129 Å². The summed E-state index contributed by atoms with van der Waals surface area (Å²) >= 11 is 1.35. The molecule has 0 fully saturated rings. The molecule has 2 aliphatic heterocycles. The van der Waals surface area contributed by atoms with Gasteiger partial charge in [-0.1, -0.05) is 13.3 Å². The fraction of sp³-hybridized carbons (Fsp3) is 0.385. The van der Waals surface area contributed by atoms with Gasteiger partial charge in [-0.25, -0.2) is 14.8 Å². The first-order chi connectivity index (χ1) is 10.6. The van der Waals surface area contributed by atoms with Gasteiger partial charge in [0.05, 0.1) is 0 Å². The number of hydrogen-bond acceptors (Lipinski definition) is 7. The molecular weight excluding hydrogens is 304 g/mol. The molecule has 8 nitrogen and oxygen atoms in total. The SMILES string of the molecule is CCCCc1nc2c(=O)n(C)c(=O)nc-2n(-c2nccs2)n1. The summed E-state index contributed by atoms with van der Waals surface area (Å²) in [6, 6.07) is 0. The van der Waals surface area contributed by atoms with Gasteiger partial charge in [-0.05, 0) is 6.42 Å². The van der Waals surface area contributed by atoms with Crippen molar-refractivity contribution in [3.05, 3.63) is 38.2 Å². The largest absolute Gasteiger partial charge is 0.352 e. The minimum Gasteiger partial charge on any atom is -0.267 e. The average Bonchev–Trinajstić information content (AvgIpc) is 3.05. The van der Waals surface area contributed by atoms with Crippen LogP contribution in [0.3, 0.4) is 0 Å². The molecule has 0 bridgehead atoms. The molecule has 1 aromatic heterocycles. The zero-order valence-corrected chi connectivity index (χ0v) is 13.0. The summed E-state index contributed by atoms with van der Waals surface area (Å²) in [5, 5.41) is 6.74. The zero-order chi connectivity index (χ0) is 15.7. The number of thiazole rings is 1. The fourth-order valence-corrected chi connectivity index (χ4v) is 2.61. The van der Waals surface area contributed by atoms with E-state index in [4.69, 9.17) is 0 Å². The highest BCUT2D eigenvalue weighted by atomic mass is 32.1. The van der Waals surface area contributed by atoms with Crippen molar-refractivity contribution in [2.75, 3.05) is 0 Å². The van der Waals surface area contributed by atoms with Crippen LogP contribution in [0.4, 0.5) is 0 Å². The number of hydrogen-bond donors (Lipinski definition) is 0. The maximum atomic E-state index is 12.3. The van der Waals surface area contributed by atoms with Gasteiger partial charge in [0.1, 0.15) is 5.82 Å². The van der Waals surface area contributed by atoms with Gasteiger partial charge >= 0.3 is 5.69 Å². The van der Waals surface area contributed by atoms with E-state index in [1.54, 1.807) is 11.6 Å². The van der Waals surface area contributed by atoms with Crippen LogP contribution in [0, 0.1) is 0 Å². The van der Waals surface area contributed by atoms with Crippen LogP contribution in [0.5, 0.6) is 0 Å². The second kappa shape index (κ2) is 5.76. The molecule has 0 unspecified atom stereocenters. The Bertz CT molecular complexity index is 883. The third-order valence-corrected chi connectivity index (χ3v) is 3.97. The second-order valence-electron chi connectivity index (χ2n) is 4.79. The molecule has 0 atom stereocenters. The predicted molar refractivity (Wildman–Crippen MR) is 81.6 cm³/mol. The molecule has 0 N–H and O–H groups in total. The molecule has 114 valence electrons. The summed E-state index contributed by atoms with van der Waals surface area (Å²) < 4.78 is 2.38. The van der Waals surface area contributed by atoms with Crippen LogP contribution in [-0.2, 0) is 13.5 Å². The number of aromatic nitrogens is 6. The van der Waals surface area contributed by atoms with Gasteiger partial charge in [0.2, 0.25) is 5.13 Å². The molecule has 0 amide bonds. The van der Waals surface area contributed by atoms with E-state index in [-0.39, 0.29) is 11.5 Å². The Balaban J connectivity index is 2.32. The molecule has 0 saturated carbocycles. The zero-order valence-electron chi connectivity index (χ0n) is 12.2.